The Morgan fingerprint density at radius 2 is 1.76 bits per heavy atom. The number of hydrogen-bond donors (Lipinski definition) is 2. The van der Waals surface area contributed by atoms with Crippen molar-refractivity contribution in [2.24, 2.45) is 0 Å². The van der Waals surface area contributed by atoms with Crippen molar-refractivity contribution < 1.29 is 33.4 Å². The van der Waals surface area contributed by atoms with E-state index in [1.807, 2.05) is 24.3 Å². The number of rotatable bonds is 5. The number of amides is 4. The van der Waals surface area contributed by atoms with E-state index in [4.69, 9.17) is 14.2 Å². The maximum absolute atomic E-state index is 13.6. The number of fused-ring (bicyclic) bond motifs is 2. The summed E-state index contributed by atoms with van der Waals surface area (Å²) in [6, 6.07) is 4.93. The van der Waals surface area contributed by atoms with E-state index in [-0.39, 0.29) is 30.9 Å². The van der Waals surface area contributed by atoms with Crippen LogP contribution in [0.3, 0.4) is 0 Å². The van der Waals surface area contributed by atoms with Gasteiger partial charge >= 0.3 is 6.09 Å². The Hall–Kier alpha value is -3.34. The van der Waals surface area contributed by atoms with Gasteiger partial charge in [-0.25, -0.2) is 4.79 Å². The highest BCUT2D eigenvalue weighted by Gasteiger charge is 2.46. The molecule has 3 aliphatic rings. The molecule has 2 N–H and O–H groups in total. The van der Waals surface area contributed by atoms with Crippen molar-refractivity contribution in [1.82, 2.24) is 20.4 Å². The molecule has 1 aromatic carbocycles. The second-order valence-corrected chi connectivity index (χ2v) is 11.0. The minimum atomic E-state index is -0.876. The lowest BCUT2D eigenvalue weighted by Gasteiger charge is -2.33. The van der Waals surface area contributed by atoms with Crippen molar-refractivity contribution in [3.05, 3.63) is 29.8 Å². The average molecular weight is 531 g/mol. The molecule has 2 saturated heterocycles. The normalized spacial score (nSPS) is 25.7. The van der Waals surface area contributed by atoms with Crippen LogP contribution in [0.15, 0.2) is 24.3 Å². The predicted octanol–water partition coefficient (Wildman–Crippen LogP) is 2.10. The van der Waals surface area contributed by atoms with Crippen LogP contribution in [-0.4, -0.2) is 83.8 Å². The number of carbonyl (C=O) groups is 4. The van der Waals surface area contributed by atoms with Gasteiger partial charge in [0.25, 0.3) is 0 Å². The Balaban J connectivity index is 1.42. The molecule has 5 atom stereocenters. The summed E-state index contributed by atoms with van der Waals surface area (Å²) in [7, 11) is 1.47. The molecular formula is C27H38N4O7. The summed E-state index contributed by atoms with van der Waals surface area (Å²) < 4.78 is 16.9. The van der Waals surface area contributed by atoms with E-state index in [1.54, 1.807) is 27.7 Å². The number of likely N-dealkylation sites (N-methyl/N-ethyl adjacent to an activating group) is 1. The first-order valence-electron chi connectivity index (χ1n) is 13.2. The fraction of sp³-hybridized carbons (Fsp3) is 0.630. The SMILES string of the molecule is C[C@H](C(=O)N[C@H]1CCO[C@H]2CC[C@H](C(=O)N[C@H]3CCOc4ccccc43)N2C1=O)N(C)C(=O)OC(C)(C)C. The van der Waals surface area contributed by atoms with Crippen LogP contribution in [0.4, 0.5) is 4.79 Å². The minimum absolute atomic E-state index is 0.214. The van der Waals surface area contributed by atoms with Crippen LogP contribution >= 0.6 is 0 Å². The molecule has 0 aliphatic carbocycles. The van der Waals surface area contributed by atoms with Crippen LogP contribution in [-0.2, 0) is 23.9 Å². The van der Waals surface area contributed by atoms with Crippen molar-refractivity contribution in [3.8, 4) is 5.75 Å². The Bertz CT molecular complexity index is 1070. The van der Waals surface area contributed by atoms with E-state index in [1.165, 1.54) is 16.8 Å². The standard InChI is InChI=1S/C27H38N4O7/c1-16(30(5)26(35)38-27(2,3)4)23(32)29-19-13-15-37-22-11-10-20(31(22)25(19)34)24(33)28-18-12-14-36-21-9-7-6-8-17(18)21/h6-9,16,18-20,22H,10-15H2,1-5H3,(H,28,33)(H,29,32)/t16-,18+,19+,20-,22+/m1/s1. The molecule has 0 spiro atoms. The third-order valence-electron chi connectivity index (χ3n) is 7.14. The Kier molecular flexibility index (Phi) is 8.15. The van der Waals surface area contributed by atoms with Gasteiger partial charge in [0, 0.05) is 25.5 Å². The minimum Gasteiger partial charge on any atom is -0.493 e. The Labute approximate surface area is 223 Å². The molecule has 0 saturated carbocycles. The summed E-state index contributed by atoms with van der Waals surface area (Å²) in [5, 5.41) is 5.86. The lowest BCUT2D eigenvalue weighted by molar-refractivity contribution is -0.149. The van der Waals surface area contributed by atoms with Gasteiger partial charge < -0.3 is 29.7 Å². The van der Waals surface area contributed by atoms with Crippen LogP contribution in [0.1, 0.15) is 65.0 Å². The number of ether oxygens (including phenoxy) is 3. The van der Waals surface area contributed by atoms with E-state index in [0.29, 0.717) is 25.9 Å². The molecule has 0 aromatic heterocycles. The van der Waals surface area contributed by atoms with Crippen LogP contribution in [0, 0.1) is 0 Å². The largest absolute Gasteiger partial charge is 0.493 e. The first-order valence-corrected chi connectivity index (χ1v) is 13.2. The van der Waals surface area contributed by atoms with Crippen LogP contribution < -0.4 is 15.4 Å². The smallest absolute Gasteiger partial charge is 0.410 e. The molecule has 1 aromatic rings. The molecular weight excluding hydrogens is 492 g/mol. The van der Waals surface area contributed by atoms with Gasteiger partial charge in [-0.1, -0.05) is 18.2 Å². The Morgan fingerprint density at radius 1 is 1.05 bits per heavy atom. The van der Waals surface area contributed by atoms with E-state index >= 15 is 0 Å². The molecule has 38 heavy (non-hydrogen) atoms. The van der Waals surface area contributed by atoms with Crippen molar-refractivity contribution in [3.63, 3.8) is 0 Å². The number of nitrogens with one attached hydrogen (secondary N) is 2. The maximum Gasteiger partial charge on any atom is 0.410 e. The molecule has 0 unspecified atom stereocenters. The highest BCUT2D eigenvalue weighted by molar-refractivity contribution is 5.94. The summed E-state index contributed by atoms with van der Waals surface area (Å²) in [4.78, 5) is 55.1. The fourth-order valence-corrected chi connectivity index (χ4v) is 4.98. The number of hydrogen-bond acceptors (Lipinski definition) is 7. The third-order valence-corrected chi connectivity index (χ3v) is 7.14. The highest BCUT2D eigenvalue weighted by Crippen LogP contribution is 2.33. The van der Waals surface area contributed by atoms with Gasteiger partial charge in [-0.2, -0.15) is 0 Å². The summed E-state index contributed by atoms with van der Waals surface area (Å²) in [6.45, 7) is 7.55. The van der Waals surface area contributed by atoms with E-state index in [0.717, 1.165) is 11.3 Å². The van der Waals surface area contributed by atoms with Gasteiger partial charge in [0.15, 0.2) is 0 Å². The van der Waals surface area contributed by atoms with Crippen LogP contribution in [0.5, 0.6) is 5.75 Å². The van der Waals surface area contributed by atoms with Gasteiger partial charge in [-0.05, 0) is 46.6 Å². The number of nitrogens with zero attached hydrogens (tertiary/aromatic N) is 2. The molecule has 4 rings (SSSR count). The van der Waals surface area contributed by atoms with E-state index < -0.39 is 42.0 Å². The number of carbonyl (C=O) groups excluding carboxylic acids is 4. The van der Waals surface area contributed by atoms with Crippen molar-refractivity contribution in [1.29, 1.82) is 0 Å². The molecule has 208 valence electrons. The predicted molar refractivity (Wildman–Crippen MR) is 137 cm³/mol. The molecule has 3 aliphatic heterocycles. The first kappa shape index (κ1) is 27.7. The summed E-state index contributed by atoms with van der Waals surface area (Å²) >= 11 is 0. The number of benzene rings is 1. The van der Waals surface area contributed by atoms with Crippen LogP contribution in [0.25, 0.3) is 0 Å². The molecule has 11 nitrogen and oxygen atoms in total. The van der Waals surface area contributed by atoms with Crippen molar-refractivity contribution >= 4 is 23.8 Å². The Morgan fingerprint density at radius 3 is 2.50 bits per heavy atom. The second kappa shape index (κ2) is 11.2. The fourth-order valence-electron chi connectivity index (χ4n) is 4.98. The van der Waals surface area contributed by atoms with E-state index in [2.05, 4.69) is 10.6 Å². The zero-order chi connectivity index (χ0) is 27.6. The van der Waals surface area contributed by atoms with Gasteiger partial charge in [-0.3, -0.25) is 19.3 Å². The van der Waals surface area contributed by atoms with Gasteiger partial charge in [-0.15, -0.1) is 0 Å². The highest BCUT2D eigenvalue weighted by atomic mass is 16.6. The molecule has 11 heteroatoms. The third kappa shape index (κ3) is 6.03. The molecule has 2 fully saturated rings. The molecule has 4 amide bonds. The van der Waals surface area contributed by atoms with Gasteiger partial charge in [0.05, 0.1) is 19.3 Å². The zero-order valence-corrected chi connectivity index (χ0v) is 22.7. The summed E-state index contributed by atoms with van der Waals surface area (Å²) in [5.74, 6) is -0.362. The zero-order valence-electron chi connectivity index (χ0n) is 22.7. The molecule has 0 bridgehead atoms. The number of para-hydroxylation sites is 1. The average Bonchev–Trinajstić information content (AvgIpc) is 3.23. The van der Waals surface area contributed by atoms with Crippen LogP contribution in [0.2, 0.25) is 0 Å². The lowest BCUT2D eigenvalue weighted by Crippen LogP contribution is -2.57. The van der Waals surface area contributed by atoms with Gasteiger partial charge in [0.1, 0.15) is 35.7 Å². The monoisotopic (exact) mass is 530 g/mol. The first-order chi connectivity index (χ1) is 18.0. The van der Waals surface area contributed by atoms with Gasteiger partial charge in [0.2, 0.25) is 17.7 Å². The van der Waals surface area contributed by atoms with Crippen molar-refractivity contribution in [2.45, 2.75) is 89.4 Å². The van der Waals surface area contributed by atoms with E-state index in [9.17, 15) is 19.2 Å². The summed E-state index contributed by atoms with van der Waals surface area (Å²) in [6.07, 6.45) is 0.733. The lowest BCUT2D eigenvalue weighted by atomic mass is 10.00. The quantitative estimate of drug-likeness (QED) is 0.597. The topological polar surface area (TPSA) is 127 Å². The maximum atomic E-state index is 13.6. The second-order valence-electron chi connectivity index (χ2n) is 11.0. The summed E-state index contributed by atoms with van der Waals surface area (Å²) in [5.41, 5.74) is 0.205. The van der Waals surface area contributed by atoms with Crippen molar-refractivity contribution in [2.75, 3.05) is 20.3 Å². The molecule has 0 radical (unpaired) electrons. The molecule has 3 heterocycles.